The van der Waals surface area contributed by atoms with Crippen molar-refractivity contribution in [3.05, 3.63) is 0 Å². The summed E-state index contributed by atoms with van der Waals surface area (Å²) in [5.41, 5.74) is 0. The molecule has 8 aliphatic rings. The monoisotopic (exact) mass is 390 g/mol. The molecule has 130 valence electrons. The Morgan fingerprint density at radius 1 is 0.435 bits per heavy atom. The first-order valence-corrected chi connectivity index (χ1v) is 10.7. The van der Waals surface area contributed by atoms with Crippen LogP contribution in [0.2, 0.25) is 0 Å². The van der Waals surface area contributed by atoms with Gasteiger partial charge in [0.1, 0.15) is 0 Å². The fraction of sp³-hybridized carbons (Fsp3) is 1.00. The van der Waals surface area contributed by atoms with Gasteiger partial charge < -0.3 is 25.3 Å². The molecule has 0 amide bonds. The Kier molecular flexibility index (Phi) is 4.70. The third kappa shape index (κ3) is 3.43. The molecule has 0 radical (unpaired) electrons. The van der Waals surface area contributed by atoms with Crippen molar-refractivity contribution >= 4 is 25.3 Å². The smallest absolute Gasteiger partial charge is 0.786 e. The van der Waals surface area contributed by atoms with E-state index < -0.39 is 0 Å². The van der Waals surface area contributed by atoms with Crippen LogP contribution in [0.1, 0.15) is 77.0 Å². The number of rotatable bonds is 0. The molecule has 8 fully saturated rings. The van der Waals surface area contributed by atoms with E-state index in [-0.39, 0.29) is 17.1 Å². The Morgan fingerprint density at radius 3 is 0.739 bits per heavy atom. The van der Waals surface area contributed by atoms with Crippen molar-refractivity contribution in [2.45, 2.75) is 86.5 Å². The standard InChI is InChI=1S/2C10H16S.Fe/c2*11-10-4-7-1-8(5-10)3-9(2-7)6-10;/h2*7-9,11H,1-6H2;/q;;+2/p-2. The molecule has 8 aliphatic carbocycles. The SMILES string of the molecule is [Fe+2].[S-]C12CC3CC(CC(C3)C1)C2.[S-]C12CC3CC(CC(C3)C1)C2. The van der Waals surface area contributed by atoms with Gasteiger partial charge in [-0.15, -0.1) is 0 Å². The minimum absolute atomic E-state index is 0. The summed E-state index contributed by atoms with van der Waals surface area (Å²) in [5, 5.41) is 0. The summed E-state index contributed by atoms with van der Waals surface area (Å²) in [4.78, 5) is 0. The second-order valence-corrected chi connectivity index (χ2v) is 11.9. The van der Waals surface area contributed by atoms with Gasteiger partial charge in [-0.05, 0) is 74.0 Å². The van der Waals surface area contributed by atoms with Gasteiger partial charge in [-0.2, -0.15) is 9.49 Å². The second kappa shape index (κ2) is 6.14. The molecule has 8 rings (SSSR count). The van der Waals surface area contributed by atoms with Crippen molar-refractivity contribution in [1.29, 1.82) is 0 Å². The fourth-order valence-electron chi connectivity index (χ4n) is 8.06. The Labute approximate surface area is 164 Å². The summed E-state index contributed by atoms with van der Waals surface area (Å²) in [7, 11) is 0. The Bertz CT molecular complexity index is 348. The van der Waals surface area contributed by atoms with E-state index in [2.05, 4.69) is 0 Å². The van der Waals surface area contributed by atoms with E-state index >= 15 is 0 Å². The predicted octanol–water partition coefficient (Wildman–Crippen LogP) is 5.00. The molecular weight excluding hydrogens is 360 g/mol. The number of hydrogen-bond donors (Lipinski definition) is 0. The summed E-state index contributed by atoms with van der Waals surface area (Å²) in [6, 6.07) is 0. The predicted molar refractivity (Wildman–Crippen MR) is 96.5 cm³/mol. The molecule has 8 bridgehead atoms. The molecule has 23 heavy (non-hydrogen) atoms. The van der Waals surface area contributed by atoms with Crippen molar-refractivity contribution in [2.24, 2.45) is 35.5 Å². The van der Waals surface area contributed by atoms with Crippen LogP contribution in [-0.2, 0) is 42.3 Å². The first kappa shape index (κ1) is 17.6. The zero-order valence-corrected chi connectivity index (χ0v) is 16.9. The summed E-state index contributed by atoms with van der Waals surface area (Å²) < 4.78 is 0.767. The third-order valence-electron chi connectivity index (χ3n) is 7.96. The Hall–Kier alpha value is 1.22. The first-order chi connectivity index (χ1) is 10.5. The molecule has 0 N–H and O–H groups in total. The largest absolute Gasteiger partial charge is 2.00 e. The minimum Gasteiger partial charge on any atom is -0.786 e. The average molecular weight is 390 g/mol. The summed E-state index contributed by atoms with van der Waals surface area (Å²) in [6.07, 6.45) is 17.4. The van der Waals surface area contributed by atoms with Gasteiger partial charge >= 0.3 is 17.1 Å². The van der Waals surface area contributed by atoms with Crippen LogP contribution in [0, 0.1) is 35.5 Å². The van der Waals surface area contributed by atoms with Crippen LogP contribution in [-0.4, -0.2) is 9.49 Å². The summed E-state index contributed by atoms with van der Waals surface area (Å²) >= 11 is 11.4. The summed E-state index contributed by atoms with van der Waals surface area (Å²) in [5.74, 6) is 6.24. The summed E-state index contributed by atoms with van der Waals surface area (Å²) in [6.45, 7) is 0. The van der Waals surface area contributed by atoms with E-state index in [0.717, 1.165) is 35.5 Å². The van der Waals surface area contributed by atoms with Crippen LogP contribution >= 0.6 is 0 Å². The molecule has 0 aromatic rings. The molecule has 0 unspecified atom stereocenters. The van der Waals surface area contributed by atoms with Crippen LogP contribution in [0.4, 0.5) is 0 Å². The molecular formula is C20H30FeS2. The molecule has 0 aromatic carbocycles. The molecule has 0 aromatic heterocycles. The zero-order valence-electron chi connectivity index (χ0n) is 14.1. The van der Waals surface area contributed by atoms with E-state index in [1.54, 1.807) is 0 Å². The maximum absolute atomic E-state index is 5.69. The van der Waals surface area contributed by atoms with E-state index in [1.807, 2.05) is 0 Å². The van der Waals surface area contributed by atoms with E-state index in [1.165, 1.54) is 77.0 Å². The molecule has 0 atom stereocenters. The fourth-order valence-corrected chi connectivity index (χ4v) is 9.48. The molecule has 8 saturated carbocycles. The van der Waals surface area contributed by atoms with Gasteiger partial charge in [0, 0.05) is 0 Å². The Morgan fingerprint density at radius 2 is 0.609 bits per heavy atom. The molecule has 0 heterocycles. The van der Waals surface area contributed by atoms with E-state index in [0.29, 0.717) is 9.49 Å². The molecule has 0 spiro atoms. The topological polar surface area (TPSA) is 0 Å². The molecule has 3 heteroatoms. The van der Waals surface area contributed by atoms with Crippen LogP contribution in [0.15, 0.2) is 0 Å². The maximum atomic E-state index is 5.69. The molecule has 0 saturated heterocycles. The van der Waals surface area contributed by atoms with Gasteiger partial charge in [0.15, 0.2) is 0 Å². The van der Waals surface area contributed by atoms with Crippen molar-refractivity contribution in [3.8, 4) is 0 Å². The van der Waals surface area contributed by atoms with Gasteiger partial charge in [-0.1, -0.05) is 38.5 Å². The van der Waals surface area contributed by atoms with Crippen LogP contribution in [0.25, 0.3) is 0 Å². The van der Waals surface area contributed by atoms with Crippen LogP contribution in [0.5, 0.6) is 0 Å². The van der Waals surface area contributed by atoms with Gasteiger partial charge in [-0.3, -0.25) is 0 Å². The maximum Gasteiger partial charge on any atom is 2.00 e. The normalized spacial score (nSPS) is 57.7. The average Bonchev–Trinajstić information content (AvgIpc) is 2.32. The first-order valence-electron chi connectivity index (χ1n) is 9.88. The van der Waals surface area contributed by atoms with Gasteiger partial charge in [0.25, 0.3) is 0 Å². The Balaban J connectivity index is 0.000000113. The van der Waals surface area contributed by atoms with Gasteiger partial charge in [-0.25, -0.2) is 0 Å². The molecule has 0 nitrogen and oxygen atoms in total. The van der Waals surface area contributed by atoms with E-state index in [9.17, 15) is 0 Å². The number of hydrogen-bond acceptors (Lipinski definition) is 2. The third-order valence-corrected chi connectivity index (χ3v) is 8.96. The van der Waals surface area contributed by atoms with Gasteiger partial charge in [0.2, 0.25) is 0 Å². The van der Waals surface area contributed by atoms with Crippen molar-refractivity contribution in [3.63, 3.8) is 0 Å². The van der Waals surface area contributed by atoms with Gasteiger partial charge in [0.05, 0.1) is 0 Å². The van der Waals surface area contributed by atoms with Crippen molar-refractivity contribution in [1.82, 2.24) is 0 Å². The minimum atomic E-state index is 0. The van der Waals surface area contributed by atoms with Crippen molar-refractivity contribution in [2.75, 3.05) is 0 Å². The van der Waals surface area contributed by atoms with E-state index in [4.69, 9.17) is 25.3 Å². The van der Waals surface area contributed by atoms with Crippen LogP contribution < -0.4 is 0 Å². The molecule has 0 aliphatic heterocycles. The zero-order chi connectivity index (χ0) is 14.9. The second-order valence-electron chi connectivity index (χ2n) is 10.2. The quantitative estimate of drug-likeness (QED) is 0.422. The van der Waals surface area contributed by atoms with Crippen LogP contribution in [0.3, 0.4) is 0 Å². The van der Waals surface area contributed by atoms with Crippen molar-refractivity contribution < 1.29 is 17.1 Å².